The van der Waals surface area contributed by atoms with Crippen LogP contribution in [0.15, 0.2) is 4.52 Å². The maximum absolute atomic E-state index is 12.0. The second-order valence-corrected chi connectivity index (χ2v) is 5.22. The van der Waals surface area contributed by atoms with Crippen LogP contribution in [0.4, 0.5) is 13.2 Å². The van der Waals surface area contributed by atoms with E-state index in [1.165, 1.54) is 4.90 Å². The van der Waals surface area contributed by atoms with E-state index in [9.17, 15) is 18.0 Å². The van der Waals surface area contributed by atoms with Gasteiger partial charge in [0, 0.05) is 32.6 Å². The number of aryl methyl sites for hydroxylation is 1. The van der Waals surface area contributed by atoms with Gasteiger partial charge in [0.1, 0.15) is 13.2 Å². The van der Waals surface area contributed by atoms with Crippen molar-refractivity contribution < 1.29 is 27.2 Å². The lowest BCUT2D eigenvalue weighted by Crippen LogP contribution is -2.49. The van der Waals surface area contributed by atoms with E-state index in [4.69, 9.17) is 4.52 Å². The molecule has 0 aromatic carbocycles. The Morgan fingerprint density at radius 3 is 2.57 bits per heavy atom. The highest BCUT2D eigenvalue weighted by Gasteiger charge is 2.29. The number of carbonyl (C=O) groups is 1. The van der Waals surface area contributed by atoms with E-state index in [-0.39, 0.29) is 0 Å². The molecule has 1 amide bonds. The molecule has 1 saturated heterocycles. The lowest BCUT2D eigenvalue weighted by molar-refractivity contribution is -0.178. The molecular weight excluding hydrogens is 317 g/mol. The standard InChI is InChI=1S/C13H19F3N4O3/c1-2-11-17-10(18-23-11)7-19-3-5-20(6-4-19)12(21)8-22-9-13(14,15)16/h2-9H2,1H3. The molecule has 0 saturated carbocycles. The van der Waals surface area contributed by atoms with Crippen LogP contribution in [0.25, 0.3) is 0 Å². The number of ether oxygens (including phenoxy) is 1. The molecule has 10 heteroatoms. The summed E-state index contributed by atoms with van der Waals surface area (Å²) < 4.78 is 45.3. The van der Waals surface area contributed by atoms with Gasteiger partial charge in [-0.25, -0.2) is 0 Å². The predicted molar refractivity (Wildman–Crippen MR) is 72.4 cm³/mol. The summed E-state index contributed by atoms with van der Waals surface area (Å²) in [4.78, 5) is 19.5. The number of piperazine rings is 1. The van der Waals surface area contributed by atoms with E-state index in [2.05, 4.69) is 19.8 Å². The number of rotatable bonds is 6. The van der Waals surface area contributed by atoms with Crippen LogP contribution in [0.3, 0.4) is 0 Å². The highest BCUT2D eigenvalue weighted by atomic mass is 19.4. The van der Waals surface area contributed by atoms with E-state index in [0.717, 1.165) is 0 Å². The van der Waals surface area contributed by atoms with Crippen LogP contribution < -0.4 is 0 Å². The number of aromatic nitrogens is 2. The zero-order valence-corrected chi connectivity index (χ0v) is 12.8. The van der Waals surface area contributed by atoms with Gasteiger partial charge in [0.25, 0.3) is 0 Å². The molecule has 1 aliphatic heterocycles. The smallest absolute Gasteiger partial charge is 0.362 e. The topological polar surface area (TPSA) is 71.7 Å². The van der Waals surface area contributed by atoms with Gasteiger partial charge in [-0.1, -0.05) is 12.1 Å². The fraction of sp³-hybridized carbons (Fsp3) is 0.769. The van der Waals surface area contributed by atoms with Crippen molar-refractivity contribution in [3.63, 3.8) is 0 Å². The van der Waals surface area contributed by atoms with Crippen molar-refractivity contribution in [3.8, 4) is 0 Å². The van der Waals surface area contributed by atoms with Crippen molar-refractivity contribution in [1.29, 1.82) is 0 Å². The third-order valence-electron chi connectivity index (χ3n) is 3.39. The van der Waals surface area contributed by atoms with Crippen LogP contribution in [-0.2, 0) is 22.5 Å². The largest absolute Gasteiger partial charge is 0.411 e. The first-order valence-corrected chi connectivity index (χ1v) is 7.33. The number of alkyl halides is 3. The van der Waals surface area contributed by atoms with Crippen LogP contribution in [0, 0.1) is 0 Å². The Morgan fingerprint density at radius 1 is 1.30 bits per heavy atom. The van der Waals surface area contributed by atoms with Gasteiger partial charge < -0.3 is 14.2 Å². The van der Waals surface area contributed by atoms with Gasteiger partial charge in [-0.3, -0.25) is 9.69 Å². The summed E-state index contributed by atoms with van der Waals surface area (Å²) in [5, 5.41) is 3.86. The number of halogens is 3. The van der Waals surface area contributed by atoms with Crippen LogP contribution in [0.1, 0.15) is 18.6 Å². The van der Waals surface area contributed by atoms with Crippen molar-refractivity contribution in [2.24, 2.45) is 0 Å². The lowest BCUT2D eigenvalue weighted by Gasteiger charge is -2.34. The third kappa shape index (κ3) is 5.79. The zero-order valence-electron chi connectivity index (χ0n) is 12.8. The summed E-state index contributed by atoms with van der Waals surface area (Å²) in [6, 6.07) is 0. The van der Waals surface area contributed by atoms with Gasteiger partial charge in [0.05, 0.1) is 6.54 Å². The molecule has 0 spiro atoms. The first kappa shape index (κ1) is 17.7. The molecule has 23 heavy (non-hydrogen) atoms. The minimum Gasteiger partial charge on any atom is -0.362 e. The summed E-state index contributed by atoms with van der Waals surface area (Å²) in [6.45, 7) is 2.56. The molecular formula is C13H19F3N4O3. The Bertz CT molecular complexity index is 513. The Kier molecular flexibility index (Phi) is 5.94. The zero-order chi connectivity index (χ0) is 16.9. The van der Waals surface area contributed by atoms with Crippen molar-refractivity contribution in [2.45, 2.75) is 26.1 Å². The van der Waals surface area contributed by atoms with Gasteiger partial charge >= 0.3 is 6.18 Å². The first-order valence-electron chi connectivity index (χ1n) is 7.33. The molecule has 1 aromatic heterocycles. The SMILES string of the molecule is CCc1nc(CN2CCN(C(=O)COCC(F)(F)F)CC2)no1. The van der Waals surface area contributed by atoms with E-state index in [1.54, 1.807) is 0 Å². The van der Waals surface area contributed by atoms with E-state index in [0.29, 0.717) is 50.9 Å². The second-order valence-electron chi connectivity index (χ2n) is 5.22. The van der Waals surface area contributed by atoms with Crippen LogP contribution in [0.2, 0.25) is 0 Å². The number of carbonyl (C=O) groups excluding carboxylic acids is 1. The molecule has 0 aliphatic carbocycles. The fourth-order valence-electron chi connectivity index (χ4n) is 2.20. The molecule has 0 atom stereocenters. The molecule has 7 nitrogen and oxygen atoms in total. The molecule has 130 valence electrons. The minimum absolute atomic E-state index is 0.429. The minimum atomic E-state index is -4.42. The summed E-state index contributed by atoms with van der Waals surface area (Å²) in [7, 11) is 0. The molecule has 1 aromatic rings. The highest BCUT2D eigenvalue weighted by molar-refractivity contribution is 5.77. The third-order valence-corrected chi connectivity index (χ3v) is 3.39. The van der Waals surface area contributed by atoms with E-state index < -0.39 is 25.3 Å². The van der Waals surface area contributed by atoms with Gasteiger partial charge in [0.2, 0.25) is 11.8 Å². The summed E-state index contributed by atoms with van der Waals surface area (Å²) in [6.07, 6.45) is -3.74. The van der Waals surface area contributed by atoms with Crippen LogP contribution >= 0.6 is 0 Å². The van der Waals surface area contributed by atoms with E-state index >= 15 is 0 Å². The van der Waals surface area contributed by atoms with Gasteiger partial charge in [0.15, 0.2) is 5.82 Å². The molecule has 1 aliphatic rings. The second kappa shape index (κ2) is 7.73. The predicted octanol–water partition coefficient (Wildman–Crippen LogP) is 0.855. The Balaban J connectivity index is 1.69. The fourth-order valence-corrected chi connectivity index (χ4v) is 2.20. The average molecular weight is 336 g/mol. The molecule has 0 bridgehead atoms. The maximum Gasteiger partial charge on any atom is 0.411 e. The van der Waals surface area contributed by atoms with Crippen LogP contribution in [-0.4, -0.2) is 71.4 Å². The van der Waals surface area contributed by atoms with Gasteiger partial charge in [-0.2, -0.15) is 18.2 Å². The van der Waals surface area contributed by atoms with Crippen molar-refractivity contribution in [2.75, 3.05) is 39.4 Å². The van der Waals surface area contributed by atoms with Crippen molar-refractivity contribution in [1.82, 2.24) is 19.9 Å². The molecule has 0 unspecified atom stereocenters. The summed E-state index contributed by atoms with van der Waals surface area (Å²) in [5.74, 6) is 0.743. The number of nitrogens with zero attached hydrogens (tertiary/aromatic N) is 4. The normalized spacial score (nSPS) is 16.8. The number of hydrogen-bond acceptors (Lipinski definition) is 6. The van der Waals surface area contributed by atoms with Gasteiger partial charge in [-0.15, -0.1) is 0 Å². The quantitative estimate of drug-likeness (QED) is 0.767. The van der Waals surface area contributed by atoms with E-state index in [1.807, 2.05) is 6.92 Å². The molecule has 0 radical (unpaired) electrons. The Morgan fingerprint density at radius 2 is 2.00 bits per heavy atom. The highest BCUT2D eigenvalue weighted by Crippen LogP contribution is 2.14. The molecule has 2 rings (SSSR count). The first-order chi connectivity index (χ1) is 10.9. The summed E-state index contributed by atoms with van der Waals surface area (Å²) >= 11 is 0. The Labute approximate surface area is 131 Å². The number of hydrogen-bond donors (Lipinski definition) is 0. The lowest BCUT2D eigenvalue weighted by atomic mass is 10.3. The summed E-state index contributed by atoms with van der Waals surface area (Å²) in [5.41, 5.74) is 0. The van der Waals surface area contributed by atoms with Gasteiger partial charge in [-0.05, 0) is 0 Å². The molecule has 2 heterocycles. The average Bonchev–Trinajstić information content (AvgIpc) is 2.94. The maximum atomic E-state index is 12.0. The molecule has 1 fully saturated rings. The Hall–Kier alpha value is -1.68. The number of amides is 1. The monoisotopic (exact) mass is 336 g/mol. The van der Waals surface area contributed by atoms with Crippen molar-refractivity contribution in [3.05, 3.63) is 11.7 Å². The van der Waals surface area contributed by atoms with Crippen LogP contribution in [0.5, 0.6) is 0 Å². The molecule has 0 N–H and O–H groups in total. The van der Waals surface area contributed by atoms with Crippen molar-refractivity contribution >= 4 is 5.91 Å².